The first-order valence-electron chi connectivity index (χ1n) is 11.7. The van der Waals surface area contributed by atoms with E-state index >= 15 is 0 Å². The summed E-state index contributed by atoms with van der Waals surface area (Å²) in [5, 5.41) is 0. The summed E-state index contributed by atoms with van der Waals surface area (Å²) in [6.45, 7) is 11.2. The SMILES string of the molecule is C[C@H](C(=O)N1CCC(C2CCN(C)CC2)CC1)N(C(=O)OC(C)(C)C)c1ccccc1. The first-order chi connectivity index (χ1) is 14.7. The molecule has 1 aromatic carbocycles. The number of carbonyl (C=O) groups excluding carboxylic acids is 2. The summed E-state index contributed by atoms with van der Waals surface area (Å²) in [5.74, 6) is 1.49. The van der Waals surface area contributed by atoms with Gasteiger partial charge in [0.05, 0.1) is 0 Å². The number of hydrogen-bond acceptors (Lipinski definition) is 4. The number of ether oxygens (including phenoxy) is 1. The Bertz CT molecular complexity index is 730. The number of anilines is 1. The molecular weight excluding hydrogens is 390 g/mol. The normalized spacial score (nSPS) is 20.4. The van der Waals surface area contributed by atoms with Crippen LogP contribution in [0.25, 0.3) is 0 Å². The first kappa shape index (κ1) is 23.6. The van der Waals surface area contributed by atoms with Crippen LogP contribution in [0.4, 0.5) is 10.5 Å². The number of piperidine rings is 2. The molecule has 2 fully saturated rings. The molecule has 31 heavy (non-hydrogen) atoms. The molecule has 2 saturated heterocycles. The fraction of sp³-hybridized carbons (Fsp3) is 0.680. The highest BCUT2D eigenvalue weighted by molar-refractivity contribution is 5.97. The van der Waals surface area contributed by atoms with Crippen LogP contribution >= 0.6 is 0 Å². The molecule has 0 aromatic heterocycles. The number of likely N-dealkylation sites (tertiary alicyclic amines) is 2. The molecule has 0 saturated carbocycles. The van der Waals surface area contributed by atoms with Crippen LogP contribution < -0.4 is 4.90 Å². The summed E-state index contributed by atoms with van der Waals surface area (Å²) >= 11 is 0. The number of amides is 2. The smallest absolute Gasteiger partial charge is 0.415 e. The van der Waals surface area contributed by atoms with E-state index in [1.807, 2.05) is 62.9 Å². The number of hydrogen-bond donors (Lipinski definition) is 0. The van der Waals surface area contributed by atoms with Gasteiger partial charge in [-0.25, -0.2) is 4.79 Å². The van der Waals surface area contributed by atoms with Crippen molar-refractivity contribution in [3.8, 4) is 0 Å². The zero-order chi connectivity index (χ0) is 22.6. The van der Waals surface area contributed by atoms with Crippen LogP contribution in [0.15, 0.2) is 30.3 Å². The average Bonchev–Trinajstić information content (AvgIpc) is 2.73. The van der Waals surface area contributed by atoms with Gasteiger partial charge in [0, 0.05) is 18.8 Å². The molecule has 2 aliphatic rings. The second-order valence-electron chi connectivity index (χ2n) is 10.2. The van der Waals surface area contributed by atoms with Gasteiger partial charge in [0.1, 0.15) is 11.6 Å². The van der Waals surface area contributed by atoms with Crippen LogP contribution in [0.5, 0.6) is 0 Å². The summed E-state index contributed by atoms with van der Waals surface area (Å²) in [6.07, 6.45) is 4.17. The topological polar surface area (TPSA) is 53.1 Å². The molecule has 1 aromatic rings. The van der Waals surface area contributed by atoms with Crippen LogP contribution in [-0.4, -0.2) is 66.7 Å². The Morgan fingerprint density at radius 2 is 1.48 bits per heavy atom. The summed E-state index contributed by atoms with van der Waals surface area (Å²) in [6, 6.07) is 8.72. The summed E-state index contributed by atoms with van der Waals surface area (Å²) in [7, 11) is 2.20. The highest BCUT2D eigenvalue weighted by Crippen LogP contribution is 2.32. The minimum absolute atomic E-state index is 0.00320. The molecule has 0 spiro atoms. The van der Waals surface area contributed by atoms with Gasteiger partial charge in [0.25, 0.3) is 0 Å². The molecule has 2 heterocycles. The lowest BCUT2D eigenvalue weighted by atomic mass is 9.79. The third-order valence-corrected chi connectivity index (χ3v) is 6.65. The van der Waals surface area contributed by atoms with Crippen molar-refractivity contribution in [1.82, 2.24) is 9.80 Å². The first-order valence-corrected chi connectivity index (χ1v) is 11.7. The van der Waals surface area contributed by atoms with Crippen molar-refractivity contribution >= 4 is 17.7 Å². The molecule has 2 aliphatic heterocycles. The molecule has 2 amide bonds. The van der Waals surface area contributed by atoms with Crippen LogP contribution in [0.1, 0.15) is 53.4 Å². The van der Waals surface area contributed by atoms with Gasteiger partial charge in [0.15, 0.2) is 0 Å². The van der Waals surface area contributed by atoms with E-state index in [9.17, 15) is 9.59 Å². The van der Waals surface area contributed by atoms with Crippen LogP contribution in [0.2, 0.25) is 0 Å². The van der Waals surface area contributed by atoms with Gasteiger partial charge in [-0.05, 0) is 97.5 Å². The minimum Gasteiger partial charge on any atom is -0.443 e. The van der Waals surface area contributed by atoms with Crippen molar-refractivity contribution in [3.05, 3.63) is 30.3 Å². The van der Waals surface area contributed by atoms with E-state index < -0.39 is 17.7 Å². The molecule has 0 N–H and O–H groups in total. The van der Waals surface area contributed by atoms with Crippen LogP contribution in [-0.2, 0) is 9.53 Å². The third kappa shape index (κ3) is 6.22. The molecule has 172 valence electrons. The number of benzene rings is 1. The second kappa shape index (κ2) is 10.0. The van der Waals surface area contributed by atoms with Crippen LogP contribution in [0, 0.1) is 11.8 Å². The Kier molecular flexibility index (Phi) is 7.63. The van der Waals surface area contributed by atoms with E-state index in [1.165, 1.54) is 30.8 Å². The van der Waals surface area contributed by atoms with Crippen molar-refractivity contribution in [2.24, 2.45) is 11.8 Å². The molecule has 0 bridgehead atoms. The quantitative estimate of drug-likeness (QED) is 0.712. The molecule has 6 nitrogen and oxygen atoms in total. The molecule has 6 heteroatoms. The van der Waals surface area contributed by atoms with E-state index in [2.05, 4.69) is 11.9 Å². The van der Waals surface area contributed by atoms with E-state index in [4.69, 9.17) is 4.74 Å². The van der Waals surface area contributed by atoms with Gasteiger partial charge in [0.2, 0.25) is 5.91 Å². The van der Waals surface area contributed by atoms with E-state index in [0.29, 0.717) is 11.6 Å². The highest BCUT2D eigenvalue weighted by Gasteiger charge is 2.36. The van der Waals surface area contributed by atoms with Gasteiger partial charge in [-0.3, -0.25) is 9.69 Å². The maximum Gasteiger partial charge on any atom is 0.415 e. The molecule has 0 aliphatic carbocycles. The van der Waals surface area contributed by atoms with Crippen LogP contribution in [0.3, 0.4) is 0 Å². The fourth-order valence-electron chi connectivity index (χ4n) is 4.85. The number of carbonyl (C=O) groups is 2. The summed E-state index contributed by atoms with van der Waals surface area (Å²) in [4.78, 5) is 32.2. The standard InChI is InChI=1S/C25H39N3O3/c1-19(28(22-9-7-6-8-10-22)24(30)31-25(2,3)4)23(29)27-17-13-21(14-18-27)20-11-15-26(5)16-12-20/h6-10,19-21H,11-18H2,1-5H3/t19-/m1/s1. The monoisotopic (exact) mass is 429 g/mol. The van der Waals surface area contributed by atoms with Crippen molar-refractivity contribution in [2.45, 2.75) is 65.0 Å². The predicted molar refractivity (Wildman–Crippen MR) is 124 cm³/mol. The summed E-state index contributed by atoms with van der Waals surface area (Å²) < 4.78 is 5.63. The van der Waals surface area contributed by atoms with E-state index in [1.54, 1.807) is 0 Å². The van der Waals surface area contributed by atoms with E-state index in [0.717, 1.165) is 31.8 Å². The molecule has 0 unspecified atom stereocenters. The lowest BCUT2D eigenvalue weighted by Crippen LogP contribution is -2.53. The maximum atomic E-state index is 13.4. The number of para-hydroxylation sites is 1. The third-order valence-electron chi connectivity index (χ3n) is 6.65. The lowest BCUT2D eigenvalue weighted by Gasteiger charge is -2.41. The van der Waals surface area contributed by atoms with E-state index in [-0.39, 0.29) is 5.91 Å². The minimum atomic E-state index is -0.626. The summed E-state index contributed by atoms with van der Waals surface area (Å²) in [5.41, 5.74) is 0.0538. The zero-order valence-electron chi connectivity index (χ0n) is 19.8. The maximum absolute atomic E-state index is 13.4. The van der Waals surface area contributed by atoms with Gasteiger partial charge in [-0.2, -0.15) is 0 Å². The molecule has 3 rings (SSSR count). The average molecular weight is 430 g/mol. The number of rotatable bonds is 4. The Morgan fingerprint density at radius 3 is 2.00 bits per heavy atom. The number of nitrogens with zero attached hydrogens (tertiary/aromatic N) is 3. The second-order valence-corrected chi connectivity index (χ2v) is 10.2. The van der Waals surface area contributed by atoms with Gasteiger partial charge >= 0.3 is 6.09 Å². The Balaban J connectivity index is 1.65. The van der Waals surface area contributed by atoms with Crippen molar-refractivity contribution < 1.29 is 14.3 Å². The highest BCUT2D eigenvalue weighted by atomic mass is 16.6. The van der Waals surface area contributed by atoms with Crippen molar-refractivity contribution in [3.63, 3.8) is 0 Å². The van der Waals surface area contributed by atoms with Crippen molar-refractivity contribution in [1.29, 1.82) is 0 Å². The van der Waals surface area contributed by atoms with Gasteiger partial charge in [-0.15, -0.1) is 0 Å². The Labute approximate surface area is 187 Å². The fourth-order valence-corrected chi connectivity index (χ4v) is 4.85. The largest absolute Gasteiger partial charge is 0.443 e. The Hall–Kier alpha value is -2.08. The Morgan fingerprint density at radius 1 is 0.968 bits per heavy atom. The molecule has 1 atom stereocenters. The zero-order valence-corrected chi connectivity index (χ0v) is 19.8. The predicted octanol–water partition coefficient (Wildman–Crippen LogP) is 4.40. The van der Waals surface area contributed by atoms with Crippen molar-refractivity contribution in [2.75, 3.05) is 38.1 Å². The van der Waals surface area contributed by atoms with Gasteiger partial charge in [-0.1, -0.05) is 18.2 Å². The molecule has 0 radical (unpaired) electrons. The molecular formula is C25H39N3O3. The van der Waals surface area contributed by atoms with Gasteiger partial charge < -0.3 is 14.5 Å². The lowest BCUT2D eigenvalue weighted by molar-refractivity contribution is -0.134.